The van der Waals surface area contributed by atoms with E-state index in [0.717, 1.165) is 11.3 Å². The van der Waals surface area contributed by atoms with Gasteiger partial charge in [0.05, 0.1) is 31.2 Å². The van der Waals surface area contributed by atoms with Crippen LogP contribution in [0, 0.1) is 12.7 Å². The highest BCUT2D eigenvalue weighted by molar-refractivity contribution is 5.92. The molecule has 3 aromatic rings. The summed E-state index contributed by atoms with van der Waals surface area (Å²) in [6, 6.07) is 6.23. The second kappa shape index (κ2) is 7.85. The van der Waals surface area contributed by atoms with Crippen LogP contribution < -0.4 is 0 Å². The Labute approximate surface area is 161 Å². The summed E-state index contributed by atoms with van der Waals surface area (Å²) in [4.78, 5) is 26.9. The normalized spacial score (nSPS) is 16.9. The van der Waals surface area contributed by atoms with Gasteiger partial charge < -0.3 is 14.1 Å². The van der Waals surface area contributed by atoms with Gasteiger partial charge in [-0.25, -0.2) is 14.4 Å². The fourth-order valence-electron chi connectivity index (χ4n) is 3.00. The molecule has 0 bridgehead atoms. The van der Waals surface area contributed by atoms with Crippen molar-refractivity contribution in [3.05, 3.63) is 77.3 Å². The van der Waals surface area contributed by atoms with Crippen LogP contribution in [-0.2, 0) is 11.2 Å². The van der Waals surface area contributed by atoms with E-state index in [1.54, 1.807) is 29.4 Å². The van der Waals surface area contributed by atoms with Gasteiger partial charge in [0.2, 0.25) is 5.89 Å². The molecule has 0 saturated carbocycles. The molecule has 1 amide bonds. The summed E-state index contributed by atoms with van der Waals surface area (Å²) in [7, 11) is 0. The molecule has 1 aromatic carbocycles. The van der Waals surface area contributed by atoms with Crippen LogP contribution in [-0.4, -0.2) is 45.5 Å². The average molecular weight is 382 g/mol. The molecule has 1 saturated heterocycles. The average Bonchev–Trinajstić information content (AvgIpc) is 3.18. The lowest BCUT2D eigenvalue weighted by atomic mass is 10.1. The number of aromatic nitrogens is 3. The number of morpholine rings is 1. The third-order valence-corrected chi connectivity index (χ3v) is 4.49. The Morgan fingerprint density at radius 1 is 1.18 bits per heavy atom. The molecule has 0 N–H and O–H groups in total. The van der Waals surface area contributed by atoms with Gasteiger partial charge in [-0.05, 0) is 24.6 Å². The standard InChI is InChI=1S/C20H19FN4O3/c1-13-9-23-17(11-22-13)20(26)25-6-7-27-18(12-25)19-24-10-16(28-19)8-14-2-4-15(21)5-3-14/h2-5,9-11,18H,6-8,12H2,1H3/t18-/m0/s1. The van der Waals surface area contributed by atoms with Gasteiger partial charge in [-0.3, -0.25) is 9.78 Å². The van der Waals surface area contributed by atoms with Gasteiger partial charge in [0.1, 0.15) is 17.3 Å². The Kier molecular flexibility index (Phi) is 5.12. The number of hydrogen-bond donors (Lipinski definition) is 0. The Bertz CT molecular complexity index is 956. The first-order valence-corrected chi connectivity index (χ1v) is 8.97. The van der Waals surface area contributed by atoms with Crippen LogP contribution in [0.15, 0.2) is 47.3 Å². The highest BCUT2D eigenvalue weighted by Crippen LogP contribution is 2.24. The third kappa shape index (κ3) is 4.07. The summed E-state index contributed by atoms with van der Waals surface area (Å²) >= 11 is 0. The van der Waals surface area contributed by atoms with Gasteiger partial charge in [0.25, 0.3) is 5.91 Å². The van der Waals surface area contributed by atoms with Crippen LogP contribution in [0.5, 0.6) is 0 Å². The Balaban J connectivity index is 1.43. The van der Waals surface area contributed by atoms with Crippen molar-refractivity contribution in [2.45, 2.75) is 19.4 Å². The number of ether oxygens (including phenoxy) is 1. The summed E-state index contributed by atoms with van der Waals surface area (Å²) < 4.78 is 24.6. The number of rotatable bonds is 4. The number of amides is 1. The highest BCUT2D eigenvalue weighted by atomic mass is 19.1. The predicted octanol–water partition coefficient (Wildman–Crippen LogP) is 2.72. The van der Waals surface area contributed by atoms with Gasteiger partial charge in [-0.2, -0.15) is 0 Å². The molecule has 1 fully saturated rings. The van der Waals surface area contributed by atoms with E-state index in [4.69, 9.17) is 9.15 Å². The summed E-state index contributed by atoms with van der Waals surface area (Å²) in [5.41, 5.74) is 1.98. The molecule has 8 heteroatoms. The third-order valence-electron chi connectivity index (χ3n) is 4.49. The smallest absolute Gasteiger partial charge is 0.274 e. The molecule has 0 radical (unpaired) electrons. The lowest BCUT2D eigenvalue weighted by Gasteiger charge is -2.31. The van der Waals surface area contributed by atoms with Crippen molar-refractivity contribution in [2.24, 2.45) is 0 Å². The van der Waals surface area contributed by atoms with E-state index in [9.17, 15) is 9.18 Å². The maximum atomic E-state index is 13.0. The van der Waals surface area contributed by atoms with E-state index in [2.05, 4.69) is 15.0 Å². The fourth-order valence-corrected chi connectivity index (χ4v) is 3.00. The van der Waals surface area contributed by atoms with Crippen molar-refractivity contribution in [1.82, 2.24) is 19.9 Å². The molecule has 2 aromatic heterocycles. The maximum absolute atomic E-state index is 13.0. The lowest BCUT2D eigenvalue weighted by Crippen LogP contribution is -2.42. The number of benzene rings is 1. The Morgan fingerprint density at radius 3 is 2.75 bits per heavy atom. The van der Waals surface area contributed by atoms with E-state index in [1.807, 2.05) is 6.92 Å². The van der Waals surface area contributed by atoms with Crippen molar-refractivity contribution in [1.29, 1.82) is 0 Å². The van der Waals surface area contributed by atoms with E-state index < -0.39 is 6.10 Å². The quantitative estimate of drug-likeness (QED) is 0.690. The largest absolute Gasteiger partial charge is 0.442 e. The lowest BCUT2D eigenvalue weighted by molar-refractivity contribution is -0.0351. The van der Waals surface area contributed by atoms with Crippen molar-refractivity contribution in [3.63, 3.8) is 0 Å². The number of carbonyl (C=O) groups is 1. The number of hydrogen-bond acceptors (Lipinski definition) is 6. The van der Waals surface area contributed by atoms with Gasteiger partial charge in [0.15, 0.2) is 6.10 Å². The van der Waals surface area contributed by atoms with Gasteiger partial charge >= 0.3 is 0 Å². The van der Waals surface area contributed by atoms with Crippen LogP contribution in [0.25, 0.3) is 0 Å². The monoisotopic (exact) mass is 382 g/mol. The van der Waals surface area contributed by atoms with Crippen molar-refractivity contribution in [3.8, 4) is 0 Å². The molecule has 0 spiro atoms. The minimum absolute atomic E-state index is 0.195. The zero-order valence-corrected chi connectivity index (χ0v) is 15.3. The number of halogens is 1. The van der Waals surface area contributed by atoms with Crippen LogP contribution in [0.2, 0.25) is 0 Å². The Hall–Kier alpha value is -3.13. The molecule has 3 heterocycles. The number of carbonyl (C=O) groups excluding carboxylic acids is 1. The molecular formula is C20H19FN4O3. The summed E-state index contributed by atoms with van der Waals surface area (Å²) in [6.07, 6.45) is 4.74. The number of oxazole rings is 1. The summed E-state index contributed by atoms with van der Waals surface area (Å²) in [5.74, 6) is 0.599. The molecule has 28 heavy (non-hydrogen) atoms. The Morgan fingerprint density at radius 2 is 2.00 bits per heavy atom. The van der Waals surface area contributed by atoms with Crippen molar-refractivity contribution < 1.29 is 18.3 Å². The second-order valence-electron chi connectivity index (χ2n) is 6.62. The highest BCUT2D eigenvalue weighted by Gasteiger charge is 2.29. The van der Waals surface area contributed by atoms with E-state index >= 15 is 0 Å². The van der Waals surface area contributed by atoms with Gasteiger partial charge in [-0.15, -0.1) is 0 Å². The van der Waals surface area contributed by atoms with Crippen molar-refractivity contribution >= 4 is 5.91 Å². The minimum Gasteiger partial charge on any atom is -0.442 e. The van der Waals surface area contributed by atoms with E-state index in [-0.39, 0.29) is 11.7 Å². The summed E-state index contributed by atoms with van der Waals surface area (Å²) in [5, 5.41) is 0. The number of nitrogens with zero attached hydrogens (tertiary/aromatic N) is 4. The first-order valence-electron chi connectivity index (χ1n) is 8.97. The molecule has 7 nitrogen and oxygen atoms in total. The molecule has 1 aliphatic heterocycles. The second-order valence-corrected chi connectivity index (χ2v) is 6.62. The van der Waals surface area contributed by atoms with Crippen LogP contribution in [0.4, 0.5) is 4.39 Å². The zero-order chi connectivity index (χ0) is 19.5. The fraction of sp³-hybridized carbons (Fsp3) is 0.300. The van der Waals surface area contributed by atoms with Gasteiger partial charge in [0, 0.05) is 19.2 Å². The van der Waals surface area contributed by atoms with E-state index in [1.165, 1.54) is 18.3 Å². The summed E-state index contributed by atoms with van der Waals surface area (Å²) in [6.45, 7) is 2.99. The van der Waals surface area contributed by atoms with Crippen LogP contribution >= 0.6 is 0 Å². The SMILES string of the molecule is Cc1cnc(C(=O)N2CCO[C@H](c3ncc(Cc4ccc(F)cc4)o3)C2)cn1. The van der Waals surface area contributed by atoms with E-state index in [0.29, 0.717) is 43.5 Å². The predicted molar refractivity (Wildman–Crippen MR) is 97.1 cm³/mol. The number of aryl methyl sites for hydroxylation is 1. The van der Waals surface area contributed by atoms with Gasteiger partial charge in [-0.1, -0.05) is 12.1 Å². The van der Waals surface area contributed by atoms with Crippen LogP contribution in [0.3, 0.4) is 0 Å². The van der Waals surface area contributed by atoms with Crippen LogP contribution in [0.1, 0.15) is 39.5 Å². The molecule has 144 valence electrons. The zero-order valence-electron chi connectivity index (χ0n) is 15.3. The molecule has 1 aliphatic rings. The molecular weight excluding hydrogens is 363 g/mol. The first-order chi connectivity index (χ1) is 13.6. The topological polar surface area (TPSA) is 81.4 Å². The van der Waals surface area contributed by atoms with Crippen molar-refractivity contribution in [2.75, 3.05) is 19.7 Å². The molecule has 0 unspecified atom stereocenters. The molecule has 1 atom stereocenters. The maximum Gasteiger partial charge on any atom is 0.274 e. The first kappa shape index (κ1) is 18.2. The minimum atomic E-state index is -0.446. The molecule has 0 aliphatic carbocycles. The molecule has 4 rings (SSSR count).